The van der Waals surface area contributed by atoms with Crippen LogP contribution >= 0.6 is 0 Å². The zero-order valence-electron chi connectivity index (χ0n) is 10.5. The van der Waals surface area contributed by atoms with Crippen LogP contribution in [0.3, 0.4) is 0 Å². The van der Waals surface area contributed by atoms with Crippen molar-refractivity contribution in [3.05, 3.63) is 35.9 Å². The highest BCUT2D eigenvalue weighted by Crippen LogP contribution is 2.21. The zero-order valence-corrected chi connectivity index (χ0v) is 10.5. The predicted octanol–water partition coefficient (Wildman–Crippen LogP) is 1.52. The predicted molar refractivity (Wildman–Crippen MR) is 65.4 cm³/mol. The van der Waals surface area contributed by atoms with Crippen LogP contribution in [0.1, 0.15) is 24.2 Å². The van der Waals surface area contributed by atoms with E-state index in [0.29, 0.717) is 12.2 Å². The highest BCUT2D eigenvalue weighted by Gasteiger charge is 2.31. The van der Waals surface area contributed by atoms with Crippen LogP contribution < -0.4 is 0 Å². The maximum atomic E-state index is 10.2. The van der Waals surface area contributed by atoms with Crippen LogP contribution in [0.5, 0.6) is 0 Å². The van der Waals surface area contributed by atoms with Crippen molar-refractivity contribution in [3.63, 3.8) is 0 Å². The van der Waals surface area contributed by atoms with E-state index in [0.717, 1.165) is 0 Å². The minimum absolute atomic E-state index is 0.0451. The van der Waals surface area contributed by atoms with Gasteiger partial charge in [-0.05, 0) is 26.0 Å². The number of aliphatic hydroxyl groups is 1. The third-order valence-electron chi connectivity index (χ3n) is 2.29. The first-order chi connectivity index (χ1) is 8.44. The van der Waals surface area contributed by atoms with Crippen LogP contribution in [0.4, 0.5) is 0 Å². The van der Waals surface area contributed by atoms with Crippen LogP contribution in [0.15, 0.2) is 30.3 Å². The van der Waals surface area contributed by atoms with Crippen molar-refractivity contribution in [2.75, 3.05) is 13.2 Å². The number of hydrogen-bond donors (Lipinski definition) is 2. The molecule has 100 valence electrons. The monoisotopic (exact) mass is 254 g/mol. The Morgan fingerprint density at radius 3 is 2.28 bits per heavy atom. The molecule has 2 rings (SSSR count). The van der Waals surface area contributed by atoms with Crippen molar-refractivity contribution in [1.29, 1.82) is 0 Å². The molecule has 1 aliphatic heterocycles. The molecule has 18 heavy (non-hydrogen) atoms. The van der Waals surface area contributed by atoms with Crippen LogP contribution in [-0.2, 0) is 9.47 Å². The third kappa shape index (κ3) is 4.83. The Morgan fingerprint density at radius 1 is 1.39 bits per heavy atom. The fourth-order valence-electron chi connectivity index (χ4n) is 1.43. The van der Waals surface area contributed by atoms with Crippen molar-refractivity contribution in [2.24, 2.45) is 0 Å². The Morgan fingerprint density at radius 2 is 2.00 bits per heavy atom. The van der Waals surface area contributed by atoms with Gasteiger partial charge >= 0.3 is 5.97 Å². The average Bonchev–Trinajstić information content (AvgIpc) is 2.71. The first-order valence-corrected chi connectivity index (χ1v) is 5.65. The number of hydrogen-bond acceptors (Lipinski definition) is 4. The summed E-state index contributed by atoms with van der Waals surface area (Å²) in [6.45, 7) is 4.22. The molecule has 0 radical (unpaired) electrons. The Hall–Kier alpha value is -1.43. The van der Waals surface area contributed by atoms with E-state index in [-0.39, 0.29) is 12.7 Å². The standard InChI is InChI=1S/C7H6O2.C6H12O3/c8-7(9)6-4-2-1-3-5-6;1-6(2)8-4-5(3-7)9-6/h1-5H,(H,8,9);5,7H,3-4H2,1-2H3. The van der Waals surface area contributed by atoms with E-state index < -0.39 is 11.8 Å². The van der Waals surface area contributed by atoms with E-state index in [4.69, 9.17) is 19.7 Å². The molecule has 0 spiro atoms. The summed E-state index contributed by atoms with van der Waals surface area (Å²) in [5.41, 5.74) is 0.331. The first kappa shape index (κ1) is 14.6. The average molecular weight is 254 g/mol. The van der Waals surface area contributed by atoms with Gasteiger partial charge in [0.15, 0.2) is 5.79 Å². The molecular formula is C13H18O5. The smallest absolute Gasteiger partial charge is 0.335 e. The highest BCUT2D eigenvalue weighted by atomic mass is 16.7. The van der Waals surface area contributed by atoms with Gasteiger partial charge in [0, 0.05) is 0 Å². The number of ether oxygens (including phenoxy) is 2. The van der Waals surface area contributed by atoms with Crippen LogP contribution in [0.25, 0.3) is 0 Å². The number of carboxylic acids is 1. The molecule has 0 aromatic heterocycles. The molecule has 0 bridgehead atoms. The molecule has 1 aliphatic rings. The van der Waals surface area contributed by atoms with Gasteiger partial charge in [0.1, 0.15) is 6.10 Å². The Balaban J connectivity index is 0.000000180. The number of carbonyl (C=O) groups is 1. The van der Waals surface area contributed by atoms with Gasteiger partial charge in [-0.15, -0.1) is 0 Å². The number of benzene rings is 1. The summed E-state index contributed by atoms with van der Waals surface area (Å²) in [6.07, 6.45) is -0.125. The fourth-order valence-corrected chi connectivity index (χ4v) is 1.43. The van der Waals surface area contributed by atoms with Crippen molar-refractivity contribution < 1.29 is 24.5 Å². The van der Waals surface area contributed by atoms with E-state index in [1.54, 1.807) is 30.3 Å². The van der Waals surface area contributed by atoms with Gasteiger partial charge in [-0.2, -0.15) is 0 Å². The summed E-state index contributed by atoms with van der Waals surface area (Å²) in [4.78, 5) is 10.2. The number of aromatic carboxylic acids is 1. The second-order valence-electron chi connectivity index (χ2n) is 4.30. The fraction of sp³-hybridized carbons (Fsp3) is 0.462. The molecule has 0 saturated carbocycles. The van der Waals surface area contributed by atoms with Crippen LogP contribution in [-0.4, -0.2) is 41.3 Å². The summed E-state index contributed by atoms with van der Waals surface area (Å²) in [5.74, 6) is -1.37. The number of aliphatic hydroxyl groups excluding tert-OH is 1. The molecule has 0 aliphatic carbocycles. The van der Waals surface area contributed by atoms with Crippen molar-refractivity contribution in [2.45, 2.75) is 25.7 Å². The van der Waals surface area contributed by atoms with Crippen LogP contribution in [0.2, 0.25) is 0 Å². The maximum Gasteiger partial charge on any atom is 0.335 e. The normalized spacial score (nSPS) is 20.9. The Labute approximate surface area is 106 Å². The van der Waals surface area contributed by atoms with Gasteiger partial charge in [-0.3, -0.25) is 0 Å². The molecule has 1 fully saturated rings. The Bertz CT molecular complexity index is 374. The molecule has 2 N–H and O–H groups in total. The molecule has 1 unspecified atom stereocenters. The van der Waals surface area contributed by atoms with Crippen molar-refractivity contribution in [3.8, 4) is 0 Å². The first-order valence-electron chi connectivity index (χ1n) is 5.65. The SMILES string of the molecule is CC1(C)OCC(CO)O1.O=C(O)c1ccccc1. The van der Waals surface area contributed by atoms with E-state index in [9.17, 15) is 4.79 Å². The van der Waals surface area contributed by atoms with Crippen molar-refractivity contribution >= 4 is 5.97 Å². The van der Waals surface area contributed by atoms with E-state index >= 15 is 0 Å². The molecule has 1 atom stereocenters. The van der Waals surface area contributed by atoms with Gasteiger partial charge in [0.2, 0.25) is 0 Å². The molecule has 1 heterocycles. The van der Waals surface area contributed by atoms with Gasteiger partial charge in [0.05, 0.1) is 18.8 Å². The molecule has 0 amide bonds. The van der Waals surface area contributed by atoms with Gasteiger partial charge in [-0.25, -0.2) is 4.79 Å². The summed E-state index contributed by atoms with van der Waals surface area (Å²) < 4.78 is 10.4. The van der Waals surface area contributed by atoms with E-state index in [1.807, 2.05) is 13.8 Å². The van der Waals surface area contributed by atoms with Gasteiger partial charge in [0.25, 0.3) is 0 Å². The lowest BCUT2D eigenvalue weighted by Gasteiger charge is -2.15. The maximum absolute atomic E-state index is 10.2. The molecule has 1 aromatic carbocycles. The molecular weight excluding hydrogens is 236 g/mol. The third-order valence-corrected chi connectivity index (χ3v) is 2.29. The topological polar surface area (TPSA) is 76.0 Å². The minimum atomic E-state index is -0.879. The van der Waals surface area contributed by atoms with E-state index in [1.165, 1.54) is 0 Å². The van der Waals surface area contributed by atoms with Crippen LogP contribution in [0, 0.1) is 0 Å². The molecule has 5 heteroatoms. The molecule has 1 saturated heterocycles. The number of carboxylic acid groups (broad SMARTS) is 1. The zero-order chi connectivity index (χ0) is 13.6. The summed E-state index contributed by atoms with van der Waals surface area (Å²) >= 11 is 0. The largest absolute Gasteiger partial charge is 0.478 e. The molecule has 5 nitrogen and oxygen atoms in total. The quantitative estimate of drug-likeness (QED) is 0.836. The van der Waals surface area contributed by atoms with Gasteiger partial charge in [-0.1, -0.05) is 18.2 Å². The lowest BCUT2D eigenvalue weighted by atomic mass is 10.2. The second-order valence-corrected chi connectivity index (χ2v) is 4.30. The lowest BCUT2D eigenvalue weighted by molar-refractivity contribution is -0.142. The lowest BCUT2D eigenvalue weighted by Crippen LogP contribution is -2.22. The molecule has 1 aromatic rings. The Kier molecular flexibility index (Phi) is 5.27. The number of rotatable bonds is 2. The van der Waals surface area contributed by atoms with Gasteiger partial charge < -0.3 is 19.7 Å². The summed E-state index contributed by atoms with van der Waals surface area (Å²) in [5, 5.41) is 17.0. The van der Waals surface area contributed by atoms with E-state index in [2.05, 4.69) is 0 Å². The second kappa shape index (κ2) is 6.49. The minimum Gasteiger partial charge on any atom is -0.478 e. The summed E-state index contributed by atoms with van der Waals surface area (Å²) in [7, 11) is 0. The summed E-state index contributed by atoms with van der Waals surface area (Å²) in [6, 6.07) is 8.30. The van der Waals surface area contributed by atoms with Crippen molar-refractivity contribution in [1.82, 2.24) is 0 Å². The highest BCUT2D eigenvalue weighted by molar-refractivity contribution is 5.87.